The van der Waals surface area contributed by atoms with Gasteiger partial charge in [0.05, 0.1) is 46.4 Å². The molecule has 8 N–H and O–H groups in total. The normalized spacial score (nSPS) is 17.8. The van der Waals surface area contributed by atoms with Crippen LogP contribution in [0.4, 0.5) is 4.79 Å². The van der Waals surface area contributed by atoms with Crippen molar-refractivity contribution in [2.45, 2.75) is 102 Å². The van der Waals surface area contributed by atoms with E-state index in [-0.39, 0.29) is 47.5 Å². The highest BCUT2D eigenvalue weighted by Crippen LogP contribution is 2.31. The molecular formula is C42H53Cl2N7O11. The Kier molecular flexibility index (Phi) is 18.1. The zero-order chi connectivity index (χ0) is 45.7. The number of ketones is 1. The number of carboxylic acid groups (broad SMARTS) is 1. The minimum atomic E-state index is -1.46. The molecule has 20 heteroatoms. The number of primary amides is 1. The lowest BCUT2D eigenvalue weighted by Crippen LogP contribution is -2.58. The molecule has 7 amide bonds. The number of hydrogen-bond donors (Lipinski definition) is 7. The van der Waals surface area contributed by atoms with Crippen LogP contribution in [-0.2, 0) is 33.5 Å². The lowest BCUT2D eigenvalue weighted by Gasteiger charge is -2.35. The number of amides is 7. The molecule has 2 aromatic carbocycles. The summed E-state index contributed by atoms with van der Waals surface area (Å²) in [6, 6.07) is 4.24. The van der Waals surface area contributed by atoms with Crippen molar-refractivity contribution < 1.29 is 53.0 Å². The number of likely N-dealkylation sites (tertiary alicyclic amines) is 1. The molecule has 0 spiro atoms. The van der Waals surface area contributed by atoms with Crippen molar-refractivity contribution in [2.24, 2.45) is 17.6 Å². The fourth-order valence-corrected chi connectivity index (χ4v) is 7.78. The number of benzene rings is 2. The van der Waals surface area contributed by atoms with Gasteiger partial charge in [-0.2, -0.15) is 0 Å². The van der Waals surface area contributed by atoms with Crippen molar-refractivity contribution in [1.29, 1.82) is 0 Å². The highest BCUT2D eigenvalue weighted by Gasteiger charge is 2.45. The van der Waals surface area contributed by atoms with Crippen LogP contribution in [0.1, 0.15) is 104 Å². The predicted molar refractivity (Wildman–Crippen MR) is 226 cm³/mol. The van der Waals surface area contributed by atoms with Crippen molar-refractivity contribution >= 4 is 76.5 Å². The summed E-state index contributed by atoms with van der Waals surface area (Å²) in [6.07, 6.45) is 2.77. The van der Waals surface area contributed by atoms with E-state index in [0.717, 1.165) is 31.4 Å². The monoisotopic (exact) mass is 901 g/mol. The van der Waals surface area contributed by atoms with E-state index in [0.29, 0.717) is 24.8 Å². The number of nitrogens with zero attached hydrogens (tertiary/aromatic N) is 1. The Morgan fingerprint density at radius 2 is 1.55 bits per heavy atom. The van der Waals surface area contributed by atoms with Crippen LogP contribution in [0.3, 0.4) is 0 Å². The highest BCUT2D eigenvalue weighted by atomic mass is 35.5. The minimum Gasteiger partial charge on any atom is -0.478 e. The van der Waals surface area contributed by atoms with Gasteiger partial charge >= 0.3 is 12.1 Å². The van der Waals surface area contributed by atoms with E-state index >= 15 is 0 Å². The molecule has 0 radical (unpaired) electrons. The van der Waals surface area contributed by atoms with Gasteiger partial charge in [0.2, 0.25) is 29.4 Å². The first kappa shape index (κ1) is 48.9. The SMILES string of the molecule is CCCC(NC(=O)C1C[C@@H](NC(=O)OCC(C)C)CN1C(=O)[C@@H](NC(=O)c1cc(Cl)c(Cl)cc1C(=O)O)C1CCCCC1)C(=O)C(=O)NCC(=O)N[C@H](C(N)=O)c1ccccc1. The van der Waals surface area contributed by atoms with Gasteiger partial charge in [0, 0.05) is 6.54 Å². The van der Waals surface area contributed by atoms with Crippen molar-refractivity contribution in [3.05, 3.63) is 69.2 Å². The maximum absolute atomic E-state index is 14.8. The molecule has 18 nitrogen and oxygen atoms in total. The number of Topliss-reactive ketones (excluding diaryl/α,β-unsaturated/α-hetero) is 1. The number of carboxylic acids is 1. The first-order chi connectivity index (χ1) is 29.4. The highest BCUT2D eigenvalue weighted by molar-refractivity contribution is 6.42. The summed E-state index contributed by atoms with van der Waals surface area (Å²) in [5.74, 6) is -8.30. The molecule has 2 unspecified atom stereocenters. The smallest absolute Gasteiger partial charge is 0.407 e. The Bertz CT molecular complexity index is 2010. The third-order valence-electron chi connectivity index (χ3n) is 10.5. The summed E-state index contributed by atoms with van der Waals surface area (Å²) in [5.41, 5.74) is 5.07. The average molecular weight is 903 g/mol. The molecule has 2 fully saturated rings. The zero-order valence-corrected chi connectivity index (χ0v) is 36.2. The van der Waals surface area contributed by atoms with E-state index in [1.165, 1.54) is 4.90 Å². The van der Waals surface area contributed by atoms with Crippen LogP contribution in [0.25, 0.3) is 0 Å². The quantitative estimate of drug-likeness (QED) is 0.101. The van der Waals surface area contributed by atoms with Gasteiger partial charge < -0.3 is 47.1 Å². The van der Waals surface area contributed by atoms with Gasteiger partial charge in [0.25, 0.3) is 11.8 Å². The molecule has 1 saturated carbocycles. The van der Waals surface area contributed by atoms with Crippen LogP contribution in [0, 0.1) is 11.8 Å². The number of aromatic carboxylic acids is 1. The Morgan fingerprint density at radius 1 is 0.903 bits per heavy atom. The van der Waals surface area contributed by atoms with Crippen molar-refractivity contribution in [2.75, 3.05) is 19.7 Å². The van der Waals surface area contributed by atoms with Gasteiger partial charge in [0.15, 0.2) is 0 Å². The van der Waals surface area contributed by atoms with Crippen LogP contribution in [-0.4, -0.2) is 107 Å². The van der Waals surface area contributed by atoms with Gasteiger partial charge in [-0.15, -0.1) is 0 Å². The first-order valence-corrected chi connectivity index (χ1v) is 21.2. The molecule has 2 aromatic rings. The number of alkyl carbamates (subject to hydrolysis) is 1. The van der Waals surface area contributed by atoms with Crippen LogP contribution in [0.15, 0.2) is 42.5 Å². The fraction of sp³-hybridized carbons (Fsp3) is 0.500. The number of rotatable bonds is 19. The molecule has 0 aromatic heterocycles. The van der Waals surface area contributed by atoms with Crippen molar-refractivity contribution in [1.82, 2.24) is 31.5 Å². The number of ether oxygens (including phenoxy) is 1. The van der Waals surface area contributed by atoms with E-state index in [1.807, 2.05) is 13.8 Å². The number of halogens is 2. The number of nitrogens with one attached hydrogen (secondary N) is 5. The molecule has 5 atom stereocenters. The molecular weight excluding hydrogens is 849 g/mol. The number of nitrogens with two attached hydrogens (primary N) is 1. The van der Waals surface area contributed by atoms with Crippen molar-refractivity contribution in [3.8, 4) is 0 Å². The van der Waals surface area contributed by atoms with Gasteiger partial charge in [-0.25, -0.2) is 9.59 Å². The second-order valence-electron chi connectivity index (χ2n) is 15.8. The molecule has 1 aliphatic heterocycles. The predicted octanol–water partition coefficient (Wildman–Crippen LogP) is 3.04. The largest absolute Gasteiger partial charge is 0.478 e. The lowest BCUT2D eigenvalue weighted by atomic mass is 9.83. The maximum atomic E-state index is 14.8. The van der Waals surface area contributed by atoms with Gasteiger partial charge in [0.1, 0.15) is 18.1 Å². The maximum Gasteiger partial charge on any atom is 0.407 e. The summed E-state index contributed by atoms with van der Waals surface area (Å²) < 4.78 is 5.28. The van der Waals surface area contributed by atoms with E-state index in [1.54, 1.807) is 37.3 Å². The van der Waals surface area contributed by atoms with Crippen LogP contribution < -0.4 is 32.3 Å². The third kappa shape index (κ3) is 13.4. The Labute approximate surface area is 368 Å². The number of carbonyl (C=O) groups is 9. The van der Waals surface area contributed by atoms with Crippen LogP contribution >= 0.6 is 23.2 Å². The van der Waals surface area contributed by atoms with E-state index in [2.05, 4.69) is 26.6 Å². The average Bonchev–Trinajstić information content (AvgIpc) is 3.67. The topological polar surface area (TPSA) is 272 Å². The molecule has 62 heavy (non-hydrogen) atoms. The summed E-state index contributed by atoms with van der Waals surface area (Å²) in [5, 5.41) is 22.3. The van der Waals surface area contributed by atoms with Gasteiger partial charge in [-0.3, -0.25) is 33.6 Å². The molecule has 2 aliphatic rings. The van der Waals surface area contributed by atoms with E-state index < -0.39 is 102 Å². The van der Waals surface area contributed by atoms with Crippen LogP contribution in [0.5, 0.6) is 0 Å². The Balaban J connectivity index is 1.57. The first-order valence-electron chi connectivity index (χ1n) is 20.4. The summed E-state index contributed by atoms with van der Waals surface area (Å²) in [7, 11) is 0. The van der Waals surface area contributed by atoms with Crippen LogP contribution in [0.2, 0.25) is 10.0 Å². The fourth-order valence-electron chi connectivity index (χ4n) is 7.45. The zero-order valence-electron chi connectivity index (χ0n) is 34.7. The Morgan fingerprint density at radius 3 is 2.15 bits per heavy atom. The van der Waals surface area contributed by atoms with Crippen molar-refractivity contribution in [3.63, 3.8) is 0 Å². The van der Waals surface area contributed by atoms with Gasteiger partial charge in [-0.1, -0.05) is 100.0 Å². The summed E-state index contributed by atoms with van der Waals surface area (Å²) in [4.78, 5) is 120. The lowest BCUT2D eigenvalue weighted by molar-refractivity contribution is -0.143. The van der Waals surface area contributed by atoms with E-state index in [9.17, 15) is 48.3 Å². The molecule has 0 bridgehead atoms. The Hall–Kier alpha value is -5.75. The minimum absolute atomic E-state index is 0.0118. The summed E-state index contributed by atoms with van der Waals surface area (Å²) >= 11 is 12.2. The third-order valence-corrected chi connectivity index (χ3v) is 11.3. The van der Waals surface area contributed by atoms with E-state index in [4.69, 9.17) is 33.7 Å². The van der Waals surface area contributed by atoms with Gasteiger partial charge in [-0.05, 0) is 55.2 Å². The standard InChI is InChI=1S/C42H53Cl2N7O11/c1-4-11-30(35(53)39(57)46-19-32(52)49-33(36(45)54)23-12-7-5-8-13-23)48-38(56)31-16-25(47-42(61)62-21-22(2)3)20-51(31)40(58)34(24-14-9-6-10-15-24)50-37(55)26-17-28(43)29(44)18-27(26)41(59)60/h5,7-8,12-13,17-18,22,24-25,30-31,33-34H,4,6,9-11,14-16,19-21H2,1-3H3,(H2,45,54)(H,46,57)(H,47,61)(H,48,56)(H,49,52)(H,50,55)(H,59,60)/t25-,30?,31?,33+,34+/m1/s1. The number of hydrogen-bond acceptors (Lipinski definition) is 10. The number of carbonyl (C=O) groups excluding carboxylic acids is 8. The molecule has 4 rings (SSSR count). The second kappa shape index (κ2) is 22.9. The molecule has 1 saturated heterocycles. The molecule has 1 aliphatic carbocycles. The molecule has 1 heterocycles. The summed E-state index contributed by atoms with van der Waals surface area (Å²) in [6.45, 7) is 4.57. The molecule has 336 valence electrons. The second-order valence-corrected chi connectivity index (χ2v) is 16.6.